The summed E-state index contributed by atoms with van der Waals surface area (Å²) in [4.78, 5) is 11.3. The standard InChI is InChI=1S/C10H18N4O/c1-3-9(11)10(15)12-6-4-8-5-7-13-14(8)2/h5,7,9H,3-4,6,11H2,1-2H3,(H,12,15). The second-order valence-electron chi connectivity index (χ2n) is 3.50. The van der Waals surface area contributed by atoms with Gasteiger partial charge in [0, 0.05) is 31.9 Å². The third-order valence-electron chi connectivity index (χ3n) is 2.38. The number of aromatic nitrogens is 2. The highest BCUT2D eigenvalue weighted by atomic mass is 16.2. The molecule has 0 aliphatic rings. The van der Waals surface area contributed by atoms with Crippen molar-refractivity contribution >= 4 is 5.91 Å². The third kappa shape index (κ3) is 3.36. The van der Waals surface area contributed by atoms with Gasteiger partial charge in [-0.2, -0.15) is 5.10 Å². The Kier molecular flexibility index (Phi) is 4.30. The molecule has 1 aromatic rings. The van der Waals surface area contributed by atoms with Crippen LogP contribution in [-0.4, -0.2) is 28.3 Å². The van der Waals surface area contributed by atoms with Gasteiger partial charge < -0.3 is 11.1 Å². The average molecular weight is 210 g/mol. The van der Waals surface area contributed by atoms with Crippen LogP contribution in [0, 0.1) is 0 Å². The molecule has 5 heteroatoms. The van der Waals surface area contributed by atoms with Crippen molar-refractivity contribution in [1.82, 2.24) is 15.1 Å². The minimum absolute atomic E-state index is 0.0836. The van der Waals surface area contributed by atoms with E-state index in [1.807, 2.05) is 20.0 Å². The van der Waals surface area contributed by atoms with Gasteiger partial charge in [0.15, 0.2) is 0 Å². The van der Waals surface area contributed by atoms with Gasteiger partial charge in [0.2, 0.25) is 5.91 Å². The van der Waals surface area contributed by atoms with Gasteiger partial charge in [-0.25, -0.2) is 0 Å². The van der Waals surface area contributed by atoms with E-state index in [2.05, 4.69) is 10.4 Å². The van der Waals surface area contributed by atoms with Crippen LogP contribution in [0.1, 0.15) is 19.0 Å². The summed E-state index contributed by atoms with van der Waals surface area (Å²) in [6, 6.07) is 1.54. The zero-order valence-corrected chi connectivity index (χ0v) is 9.23. The number of rotatable bonds is 5. The zero-order valence-electron chi connectivity index (χ0n) is 9.23. The molecule has 0 aliphatic heterocycles. The van der Waals surface area contributed by atoms with Crippen molar-refractivity contribution < 1.29 is 4.79 Å². The Morgan fingerprint density at radius 3 is 3.00 bits per heavy atom. The highest BCUT2D eigenvalue weighted by Crippen LogP contribution is 1.96. The molecule has 5 nitrogen and oxygen atoms in total. The summed E-state index contributed by atoms with van der Waals surface area (Å²) < 4.78 is 1.80. The molecule has 0 bridgehead atoms. The molecule has 0 saturated carbocycles. The topological polar surface area (TPSA) is 72.9 Å². The van der Waals surface area contributed by atoms with Crippen LogP contribution in [-0.2, 0) is 18.3 Å². The number of aryl methyl sites for hydroxylation is 1. The normalized spacial score (nSPS) is 12.5. The lowest BCUT2D eigenvalue weighted by atomic mass is 10.2. The second-order valence-corrected chi connectivity index (χ2v) is 3.50. The van der Waals surface area contributed by atoms with Crippen molar-refractivity contribution in [3.63, 3.8) is 0 Å². The molecule has 84 valence electrons. The Balaban J connectivity index is 2.28. The number of nitrogens with one attached hydrogen (secondary N) is 1. The maximum Gasteiger partial charge on any atom is 0.236 e. The summed E-state index contributed by atoms with van der Waals surface area (Å²) in [6.07, 6.45) is 3.19. The van der Waals surface area contributed by atoms with E-state index in [9.17, 15) is 4.79 Å². The second kappa shape index (κ2) is 5.50. The van der Waals surface area contributed by atoms with Crippen LogP contribution < -0.4 is 11.1 Å². The van der Waals surface area contributed by atoms with Gasteiger partial charge >= 0.3 is 0 Å². The molecule has 0 spiro atoms. The van der Waals surface area contributed by atoms with Crippen LogP contribution in [0.5, 0.6) is 0 Å². The summed E-state index contributed by atoms with van der Waals surface area (Å²) in [6.45, 7) is 2.50. The molecule has 1 rings (SSSR count). The van der Waals surface area contributed by atoms with Crippen molar-refractivity contribution in [3.8, 4) is 0 Å². The highest BCUT2D eigenvalue weighted by Gasteiger charge is 2.09. The molecule has 0 aliphatic carbocycles. The molecule has 0 fully saturated rings. The molecular formula is C10H18N4O. The Labute approximate surface area is 89.6 Å². The number of nitrogens with two attached hydrogens (primary N) is 1. The van der Waals surface area contributed by atoms with E-state index in [-0.39, 0.29) is 5.91 Å². The van der Waals surface area contributed by atoms with E-state index in [4.69, 9.17) is 5.73 Å². The summed E-state index contributed by atoms with van der Waals surface area (Å²) in [7, 11) is 1.88. The predicted octanol–water partition coefficient (Wildman–Crippen LogP) is -0.184. The molecule has 0 radical (unpaired) electrons. The lowest BCUT2D eigenvalue weighted by Gasteiger charge is -2.09. The SMILES string of the molecule is CCC(N)C(=O)NCCc1ccnn1C. The van der Waals surface area contributed by atoms with Crippen molar-refractivity contribution in [1.29, 1.82) is 0 Å². The summed E-state index contributed by atoms with van der Waals surface area (Å²) >= 11 is 0. The zero-order chi connectivity index (χ0) is 11.3. The van der Waals surface area contributed by atoms with Crippen LogP contribution >= 0.6 is 0 Å². The van der Waals surface area contributed by atoms with E-state index in [0.717, 1.165) is 12.1 Å². The minimum Gasteiger partial charge on any atom is -0.354 e. The van der Waals surface area contributed by atoms with Gasteiger partial charge in [-0.1, -0.05) is 6.92 Å². The summed E-state index contributed by atoms with van der Waals surface area (Å²) in [5.41, 5.74) is 6.67. The summed E-state index contributed by atoms with van der Waals surface area (Å²) in [5, 5.41) is 6.84. The number of amides is 1. The van der Waals surface area contributed by atoms with Crippen molar-refractivity contribution in [2.45, 2.75) is 25.8 Å². The van der Waals surface area contributed by atoms with Gasteiger partial charge in [0.05, 0.1) is 6.04 Å². The predicted molar refractivity (Wildman–Crippen MR) is 58.2 cm³/mol. The molecule has 15 heavy (non-hydrogen) atoms. The largest absolute Gasteiger partial charge is 0.354 e. The van der Waals surface area contributed by atoms with Gasteiger partial charge in [-0.15, -0.1) is 0 Å². The van der Waals surface area contributed by atoms with Crippen LogP contribution in [0.25, 0.3) is 0 Å². The fourth-order valence-electron chi connectivity index (χ4n) is 1.28. The molecule has 0 aromatic carbocycles. The quantitative estimate of drug-likeness (QED) is 0.708. The first-order chi connectivity index (χ1) is 7.15. The van der Waals surface area contributed by atoms with Gasteiger partial charge in [0.1, 0.15) is 0 Å². The molecule has 1 amide bonds. The third-order valence-corrected chi connectivity index (χ3v) is 2.38. The number of carbonyl (C=O) groups is 1. The molecule has 1 aromatic heterocycles. The smallest absolute Gasteiger partial charge is 0.236 e. The molecule has 1 heterocycles. The molecule has 1 atom stereocenters. The first-order valence-corrected chi connectivity index (χ1v) is 5.15. The number of hydrogen-bond donors (Lipinski definition) is 2. The van der Waals surface area contributed by atoms with Crippen molar-refractivity contribution in [3.05, 3.63) is 18.0 Å². The van der Waals surface area contributed by atoms with Gasteiger partial charge in [-0.3, -0.25) is 9.48 Å². The average Bonchev–Trinajstić information content (AvgIpc) is 2.63. The number of carbonyl (C=O) groups excluding carboxylic acids is 1. The minimum atomic E-state index is -0.392. The Bertz CT molecular complexity index is 321. The van der Waals surface area contributed by atoms with Crippen molar-refractivity contribution in [2.24, 2.45) is 12.8 Å². The van der Waals surface area contributed by atoms with Gasteiger partial charge in [-0.05, 0) is 12.5 Å². The molecule has 1 unspecified atom stereocenters. The highest BCUT2D eigenvalue weighted by molar-refractivity contribution is 5.81. The first kappa shape index (κ1) is 11.7. The van der Waals surface area contributed by atoms with E-state index >= 15 is 0 Å². The van der Waals surface area contributed by atoms with E-state index in [1.54, 1.807) is 10.9 Å². The van der Waals surface area contributed by atoms with Crippen LogP contribution in [0.15, 0.2) is 12.3 Å². The Morgan fingerprint density at radius 2 is 2.47 bits per heavy atom. The summed E-state index contributed by atoms with van der Waals surface area (Å²) in [5.74, 6) is -0.0836. The van der Waals surface area contributed by atoms with E-state index in [1.165, 1.54) is 0 Å². The molecule has 0 saturated heterocycles. The number of hydrogen-bond acceptors (Lipinski definition) is 3. The fraction of sp³-hybridized carbons (Fsp3) is 0.600. The Hall–Kier alpha value is -1.36. The fourth-order valence-corrected chi connectivity index (χ4v) is 1.28. The monoisotopic (exact) mass is 210 g/mol. The number of nitrogens with zero attached hydrogens (tertiary/aromatic N) is 2. The van der Waals surface area contributed by atoms with Crippen LogP contribution in [0.2, 0.25) is 0 Å². The van der Waals surface area contributed by atoms with Crippen LogP contribution in [0.3, 0.4) is 0 Å². The lowest BCUT2D eigenvalue weighted by Crippen LogP contribution is -2.40. The van der Waals surface area contributed by atoms with E-state index in [0.29, 0.717) is 13.0 Å². The first-order valence-electron chi connectivity index (χ1n) is 5.15. The maximum atomic E-state index is 11.3. The molecular weight excluding hydrogens is 192 g/mol. The maximum absolute atomic E-state index is 11.3. The van der Waals surface area contributed by atoms with Crippen LogP contribution in [0.4, 0.5) is 0 Å². The lowest BCUT2D eigenvalue weighted by molar-refractivity contribution is -0.122. The van der Waals surface area contributed by atoms with E-state index < -0.39 is 6.04 Å². The van der Waals surface area contributed by atoms with Crippen molar-refractivity contribution in [2.75, 3.05) is 6.54 Å². The molecule has 3 N–H and O–H groups in total. The van der Waals surface area contributed by atoms with Gasteiger partial charge in [0.25, 0.3) is 0 Å². The Morgan fingerprint density at radius 1 is 1.73 bits per heavy atom.